The fraction of sp³-hybridized carbons (Fsp3) is 0.286. The van der Waals surface area contributed by atoms with Gasteiger partial charge in [-0.25, -0.2) is 14.4 Å². The lowest BCUT2D eigenvalue weighted by molar-refractivity contribution is 0.205. The van der Waals surface area contributed by atoms with Crippen LogP contribution in [0.5, 0.6) is 0 Å². The van der Waals surface area contributed by atoms with Gasteiger partial charge in [0, 0.05) is 25.6 Å². The van der Waals surface area contributed by atoms with Crippen molar-refractivity contribution in [1.29, 1.82) is 0 Å². The van der Waals surface area contributed by atoms with Gasteiger partial charge in [-0.3, -0.25) is 0 Å². The van der Waals surface area contributed by atoms with Crippen molar-refractivity contribution in [2.24, 2.45) is 0 Å². The molecule has 2 rings (SSSR count). The second kappa shape index (κ2) is 6.24. The van der Waals surface area contributed by atoms with Crippen LogP contribution in [0, 0.1) is 5.82 Å². The van der Waals surface area contributed by atoms with E-state index in [2.05, 4.69) is 16.5 Å². The summed E-state index contributed by atoms with van der Waals surface area (Å²) >= 11 is 0. The third kappa shape index (κ3) is 2.88. The van der Waals surface area contributed by atoms with Gasteiger partial charge in [0.15, 0.2) is 0 Å². The van der Waals surface area contributed by atoms with Crippen LogP contribution < -0.4 is 4.90 Å². The third-order valence-electron chi connectivity index (χ3n) is 2.81. The fourth-order valence-electron chi connectivity index (χ4n) is 1.93. The summed E-state index contributed by atoms with van der Waals surface area (Å²) in [5, 5.41) is 0.695. The monoisotopic (exact) mass is 261 g/mol. The van der Waals surface area contributed by atoms with Gasteiger partial charge in [0.1, 0.15) is 23.5 Å². The molecule has 0 atom stereocenters. The molecule has 0 aliphatic heterocycles. The van der Waals surface area contributed by atoms with E-state index in [1.807, 2.05) is 11.0 Å². The molecular formula is C14H16FN3O. The number of methoxy groups -OCH3 is 1. The Morgan fingerprint density at radius 2 is 2.26 bits per heavy atom. The van der Waals surface area contributed by atoms with E-state index in [0.717, 1.165) is 0 Å². The van der Waals surface area contributed by atoms with Gasteiger partial charge in [0.05, 0.1) is 6.61 Å². The average Bonchev–Trinajstić information content (AvgIpc) is 2.43. The lowest BCUT2D eigenvalue weighted by atomic mass is 10.2. The molecule has 1 aromatic heterocycles. The molecule has 0 aliphatic carbocycles. The first-order valence-electron chi connectivity index (χ1n) is 6.02. The molecule has 5 heteroatoms. The molecule has 0 N–H and O–H groups in total. The Morgan fingerprint density at radius 1 is 1.42 bits per heavy atom. The van der Waals surface area contributed by atoms with Crippen molar-refractivity contribution in [3.05, 3.63) is 43.0 Å². The number of aromatic nitrogens is 2. The van der Waals surface area contributed by atoms with E-state index in [4.69, 9.17) is 4.74 Å². The summed E-state index contributed by atoms with van der Waals surface area (Å²) in [6.45, 7) is 5.57. The van der Waals surface area contributed by atoms with Crippen molar-refractivity contribution in [3.63, 3.8) is 0 Å². The summed E-state index contributed by atoms with van der Waals surface area (Å²) < 4.78 is 18.8. The summed E-state index contributed by atoms with van der Waals surface area (Å²) in [5.41, 5.74) is 0.332. The zero-order chi connectivity index (χ0) is 13.7. The van der Waals surface area contributed by atoms with Gasteiger partial charge in [-0.2, -0.15) is 0 Å². The zero-order valence-electron chi connectivity index (χ0n) is 10.8. The Bertz CT molecular complexity index is 574. The predicted octanol–water partition coefficient (Wildman–Crippen LogP) is 2.41. The second-order valence-corrected chi connectivity index (χ2v) is 4.06. The number of rotatable bonds is 6. The highest BCUT2D eigenvalue weighted by atomic mass is 19.1. The molecule has 100 valence electrons. The maximum absolute atomic E-state index is 13.7. The molecule has 0 amide bonds. The Hall–Kier alpha value is -2.01. The number of nitrogens with zero attached hydrogens (tertiary/aromatic N) is 3. The van der Waals surface area contributed by atoms with Gasteiger partial charge in [-0.05, 0) is 12.1 Å². The first-order valence-corrected chi connectivity index (χ1v) is 6.02. The average molecular weight is 261 g/mol. The first kappa shape index (κ1) is 13.4. The molecule has 0 aliphatic rings. The van der Waals surface area contributed by atoms with E-state index in [0.29, 0.717) is 36.4 Å². The molecule has 0 bridgehead atoms. The third-order valence-corrected chi connectivity index (χ3v) is 2.81. The number of hydrogen-bond acceptors (Lipinski definition) is 4. The van der Waals surface area contributed by atoms with Crippen molar-refractivity contribution in [2.75, 3.05) is 31.7 Å². The van der Waals surface area contributed by atoms with Crippen molar-refractivity contribution in [3.8, 4) is 0 Å². The summed E-state index contributed by atoms with van der Waals surface area (Å²) in [4.78, 5) is 10.2. The van der Waals surface area contributed by atoms with Crippen LogP contribution in [0.15, 0.2) is 37.2 Å². The molecule has 0 fully saturated rings. The minimum absolute atomic E-state index is 0.332. The molecular weight excluding hydrogens is 245 g/mol. The lowest BCUT2D eigenvalue weighted by Crippen LogP contribution is -2.28. The molecule has 4 nitrogen and oxygen atoms in total. The molecule has 0 spiro atoms. The van der Waals surface area contributed by atoms with Crippen LogP contribution in [0.2, 0.25) is 0 Å². The number of para-hydroxylation sites is 1. The molecule has 0 saturated carbocycles. The van der Waals surface area contributed by atoms with Gasteiger partial charge >= 0.3 is 0 Å². The molecule has 0 radical (unpaired) electrons. The highest BCUT2D eigenvalue weighted by Crippen LogP contribution is 2.24. The van der Waals surface area contributed by atoms with Crippen LogP contribution in [0.4, 0.5) is 10.2 Å². The normalized spacial score (nSPS) is 10.6. The molecule has 0 unspecified atom stereocenters. The Kier molecular flexibility index (Phi) is 4.41. The maximum Gasteiger partial charge on any atom is 0.149 e. The van der Waals surface area contributed by atoms with Gasteiger partial charge in [-0.15, -0.1) is 6.58 Å². The smallest absolute Gasteiger partial charge is 0.149 e. The minimum Gasteiger partial charge on any atom is -0.383 e. The van der Waals surface area contributed by atoms with Crippen LogP contribution in [0.1, 0.15) is 0 Å². The number of anilines is 1. The van der Waals surface area contributed by atoms with Crippen LogP contribution >= 0.6 is 0 Å². The van der Waals surface area contributed by atoms with Crippen molar-refractivity contribution in [1.82, 2.24) is 9.97 Å². The Morgan fingerprint density at radius 3 is 3.00 bits per heavy atom. The van der Waals surface area contributed by atoms with E-state index in [1.165, 1.54) is 12.4 Å². The maximum atomic E-state index is 13.7. The topological polar surface area (TPSA) is 38.2 Å². The molecule has 2 aromatic rings. The summed E-state index contributed by atoms with van der Waals surface area (Å²) in [6, 6.07) is 4.87. The second-order valence-electron chi connectivity index (χ2n) is 4.06. The molecule has 19 heavy (non-hydrogen) atoms. The molecule has 1 aromatic carbocycles. The van der Waals surface area contributed by atoms with Gasteiger partial charge in [0.2, 0.25) is 0 Å². The molecule has 0 saturated heterocycles. The van der Waals surface area contributed by atoms with Crippen LogP contribution in [-0.4, -0.2) is 36.8 Å². The highest BCUT2D eigenvalue weighted by Gasteiger charge is 2.12. The van der Waals surface area contributed by atoms with Crippen molar-refractivity contribution >= 4 is 16.7 Å². The van der Waals surface area contributed by atoms with E-state index >= 15 is 0 Å². The van der Waals surface area contributed by atoms with E-state index in [1.54, 1.807) is 19.3 Å². The van der Waals surface area contributed by atoms with Gasteiger partial charge in [0.25, 0.3) is 0 Å². The van der Waals surface area contributed by atoms with Gasteiger partial charge in [-0.1, -0.05) is 12.1 Å². The Balaban J connectivity index is 2.46. The largest absolute Gasteiger partial charge is 0.383 e. The lowest BCUT2D eigenvalue weighted by Gasteiger charge is -2.22. The van der Waals surface area contributed by atoms with Crippen molar-refractivity contribution < 1.29 is 9.13 Å². The van der Waals surface area contributed by atoms with Crippen LogP contribution in [0.3, 0.4) is 0 Å². The SMILES string of the molecule is C=CCN(CCOC)c1ncnc2c(F)cccc12. The summed E-state index contributed by atoms with van der Waals surface area (Å²) in [6.07, 6.45) is 3.16. The quantitative estimate of drug-likeness (QED) is 0.748. The summed E-state index contributed by atoms with van der Waals surface area (Å²) in [7, 11) is 1.64. The van der Waals surface area contributed by atoms with Crippen LogP contribution in [-0.2, 0) is 4.74 Å². The van der Waals surface area contributed by atoms with Crippen molar-refractivity contribution in [2.45, 2.75) is 0 Å². The Labute approximate surface area is 111 Å². The van der Waals surface area contributed by atoms with Crippen LogP contribution in [0.25, 0.3) is 10.9 Å². The fourth-order valence-corrected chi connectivity index (χ4v) is 1.93. The minimum atomic E-state index is -0.341. The first-order chi connectivity index (χ1) is 9.27. The number of hydrogen-bond donors (Lipinski definition) is 0. The number of benzene rings is 1. The number of halogens is 1. The van der Waals surface area contributed by atoms with E-state index in [9.17, 15) is 4.39 Å². The number of fused-ring (bicyclic) bond motifs is 1. The molecule has 1 heterocycles. The number of ether oxygens (including phenoxy) is 1. The standard InChI is InChI=1S/C14H16FN3O/c1-3-7-18(8-9-19-2)14-11-5-4-6-12(15)13(11)16-10-17-14/h3-6,10H,1,7-9H2,2H3. The van der Waals surface area contributed by atoms with E-state index in [-0.39, 0.29) is 5.82 Å². The van der Waals surface area contributed by atoms with E-state index < -0.39 is 0 Å². The summed E-state index contributed by atoms with van der Waals surface area (Å²) in [5.74, 6) is 0.355. The zero-order valence-corrected chi connectivity index (χ0v) is 10.8. The predicted molar refractivity (Wildman–Crippen MR) is 73.8 cm³/mol. The van der Waals surface area contributed by atoms with Gasteiger partial charge < -0.3 is 9.64 Å². The highest BCUT2D eigenvalue weighted by molar-refractivity contribution is 5.89.